The summed E-state index contributed by atoms with van der Waals surface area (Å²) < 4.78 is 8.25. The van der Waals surface area contributed by atoms with E-state index in [1.165, 1.54) is 27.8 Å². The van der Waals surface area contributed by atoms with E-state index in [9.17, 15) is 9.59 Å². The van der Waals surface area contributed by atoms with Gasteiger partial charge in [0.25, 0.3) is 11.8 Å². The van der Waals surface area contributed by atoms with Gasteiger partial charge in [-0.25, -0.2) is 4.68 Å². The van der Waals surface area contributed by atoms with E-state index in [-0.39, 0.29) is 23.8 Å². The number of anilines is 1. The average Bonchev–Trinajstić information content (AvgIpc) is 3.21. The van der Waals surface area contributed by atoms with Crippen LogP contribution in [-0.4, -0.2) is 31.4 Å². The Kier molecular flexibility index (Phi) is 4.90. The summed E-state index contributed by atoms with van der Waals surface area (Å²) in [6.45, 7) is 0.0209. The molecule has 2 aromatic heterocycles. The van der Waals surface area contributed by atoms with E-state index in [1.807, 2.05) is 0 Å². The summed E-state index contributed by atoms with van der Waals surface area (Å²) >= 11 is 5.83. The third-order valence-electron chi connectivity index (χ3n) is 3.54. The van der Waals surface area contributed by atoms with Gasteiger partial charge in [0.2, 0.25) is 0 Å². The summed E-state index contributed by atoms with van der Waals surface area (Å²) in [4.78, 5) is 24.0. The van der Waals surface area contributed by atoms with Crippen LogP contribution in [0.1, 0.15) is 21.0 Å². The fourth-order valence-corrected chi connectivity index (χ4v) is 2.43. The topological polar surface area (TPSA) is 117 Å². The van der Waals surface area contributed by atoms with Gasteiger partial charge in [-0.2, -0.15) is 10.2 Å². The molecule has 26 heavy (non-hydrogen) atoms. The maximum absolute atomic E-state index is 12.5. The number of halogens is 1. The molecule has 2 heterocycles. The predicted molar refractivity (Wildman–Crippen MR) is 94.0 cm³/mol. The standard InChI is InChI=1S/C16H15ClN6O3/c1-22-14(15(18)24)12(8-20-22)21-16(25)13-6-7-19-23(13)9-26-11-4-2-10(17)3-5-11/h2-8H,9H2,1H3,(H2,18,24)(H,21,25). The van der Waals surface area contributed by atoms with Gasteiger partial charge in [-0.15, -0.1) is 0 Å². The highest BCUT2D eigenvalue weighted by atomic mass is 35.5. The molecule has 0 bridgehead atoms. The number of aryl methyl sites for hydroxylation is 1. The Balaban J connectivity index is 1.72. The average molecular weight is 375 g/mol. The molecule has 10 heteroatoms. The van der Waals surface area contributed by atoms with Gasteiger partial charge in [-0.1, -0.05) is 11.6 Å². The fraction of sp³-hybridized carbons (Fsp3) is 0.125. The quantitative estimate of drug-likeness (QED) is 0.680. The highest BCUT2D eigenvalue weighted by Gasteiger charge is 2.19. The van der Waals surface area contributed by atoms with Crippen molar-refractivity contribution in [3.05, 3.63) is 59.1 Å². The first-order valence-corrected chi connectivity index (χ1v) is 7.87. The van der Waals surface area contributed by atoms with Gasteiger partial charge < -0.3 is 15.8 Å². The zero-order chi connectivity index (χ0) is 18.7. The molecule has 2 amide bonds. The van der Waals surface area contributed by atoms with Crippen LogP contribution in [0.3, 0.4) is 0 Å². The van der Waals surface area contributed by atoms with Crippen molar-refractivity contribution in [3.8, 4) is 5.75 Å². The Morgan fingerprint density at radius 1 is 1.23 bits per heavy atom. The molecule has 0 saturated heterocycles. The Bertz CT molecular complexity index is 947. The fourth-order valence-electron chi connectivity index (χ4n) is 2.30. The second kappa shape index (κ2) is 7.28. The lowest BCUT2D eigenvalue weighted by atomic mass is 10.3. The van der Waals surface area contributed by atoms with Crippen LogP contribution in [0.25, 0.3) is 0 Å². The number of benzene rings is 1. The summed E-state index contributed by atoms with van der Waals surface area (Å²) in [6, 6.07) is 8.34. The summed E-state index contributed by atoms with van der Waals surface area (Å²) in [5.74, 6) is -0.586. The zero-order valence-corrected chi connectivity index (χ0v) is 14.5. The molecule has 0 fully saturated rings. The number of nitrogens with one attached hydrogen (secondary N) is 1. The molecule has 3 aromatic rings. The molecule has 134 valence electrons. The van der Waals surface area contributed by atoms with Crippen LogP contribution in [0.15, 0.2) is 42.7 Å². The van der Waals surface area contributed by atoms with Crippen LogP contribution in [0.5, 0.6) is 5.75 Å². The second-order valence-corrected chi connectivity index (χ2v) is 5.73. The van der Waals surface area contributed by atoms with Crippen molar-refractivity contribution in [2.24, 2.45) is 12.8 Å². The van der Waals surface area contributed by atoms with Crippen LogP contribution in [0.2, 0.25) is 5.02 Å². The minimum Gasteiger partial charge on any atom is -0.471 e. The van der Waals surface area contributed by atoms with E-state index in [1.54, 1.807) is 31.3 Å². The molecule has 0 atom stereocenters. The van der Waals surface area contributed by atoms with Crippen LogP contribution in [0, 0.1) is 0 Å². The van der Waals surface area contributed by atoms with Crippen molar-refractivity contribution < 1.29 is 14.3 Å². The van der Waals surface area contributed by atoms with Gasteiger partial charge in [0.1, 0.15) is 17.1 Å². The molecular formula is C16H15ClN6O3. The van der Waals surface area contributed by atoms with Gasteiger partial charge in [0.05, 0.1) is 11.9 Å². The van der Waals surface area contributed by atoms with E-state index >= 15 is 0 Å². The van der Waals surface area contributed by atoms with Crippen LogP contribution >= 0.6 is 11.6 Å². The van der Waals surface area contributed by atoms with Crippen molar-refractivity contribution in [2.75, 3.05) is 5.32 Å². The zero-order valence-electron chi connectivity index (χ0n) is 13.7. The van der Waals surface area contributed by atoms with E-state index < -0.39 is 11.8 Å². The van der Waals surface area contributed by atoms with Gasteiger partial charge >= 0.3 is 0 Å². The summed E-state index contributed by atoms with van der Waals surface area (Å²) in [6.07, 6.45) is 2.82. The minimum atomic E-state index is -0.695. The normalized spacial score (nSPS) is 10.5. The summed E-state index contributed by atoms with van der Waals surface area (Å²) in [5.41, 5.74) is 5.87. The molecule has 0 unspecified atom stereocenters. The molecule has 0 radical (unpaired) electrons. The summed E-state index contributed by atoms with van der Waals surface area (Å²) in [5, 5.41) is 11.2. The SMILES string of the molecule is Cn1ncc(NC(=O)c2ccnn2COc2ccc(Cl)cc2)c1C(N)=O. The first kappa shape index (κ1) is 17.5. The number of hydrogen-bond acceptors (Lipinski definition) is 5. The number of hydrogen-bond donors (Lipinski definition) is 2. The van der Waals surface area contributed by atoms with Crippen LogP contribution in [-0.2, 0) is 13.8 Å². The Labute approximate surface area is 153 Å². The number of nitrogens with zero attached hydrogens (tertiary/aromatic N) is 4. The maximum atomic E-state index is 12.5. The molecule has 0 aliphatic rings. The molecular weight excluding hydrogens is 360 g/mol. The molecule has 1 aromatic carbocycles. The van der Waals surface area contributed by atoms with Crippen LogP contribution < -0.4 is 15.8 Å². The predicted octanol–water partition coefficient (Wildman–Crippen LogP) is 1.66. The van der Waals surface area contributed by atoms with Crippen LogP contribution in [0.4, 0.5) is 5.69 Å². The lowest BCUT2D eigenvalue weighted by molar-refractivity contribution is 0.0992. The molecule has 0 aliphatic carbocycles. The molecule has 0 spiro atoms. The monoisotopic (exact) mass is 374 g/mol. The Hall–Kier alpha value is -3.33. The van der Waals surface area contributed by atoms with E-state index in [4.69, 9.17) is 22.1 Å². The van der Waals surface area contributed by atoms with E-state index in [0.717, 1.165) is 0 Å². The molecule has 0 aliphatic heterocycles. The maximum Gasteiger partial charge on any atom is 0.274 e. The van der Waals surface area contributed by atoms with Crippen molar-refractivity contribution in [3.63, 3.8) is 0 Å². The molecule has 9 nitrogen and oxygen atoms in total. The highest BCUT2D eigenvalue weighted by molar-refractivity contribution is 6.30. The van der Waals surface area contributed by atoms with Gasteiger partial charge in [0.15, 0.2) is 6.73 Å². The first-order chi connectivity index (χ1) is 12.5. The number of primary amides is 1. The first-order valence-electron chi connectivity index (χ1n) is 7.49. The number of aromatic nitrogens is 4. The van der Waals surface area contributed by atoms with Gasteiger partial charge in [0, 0.05) is 18.3 Å². The number of amides is 2. The van der Waals surface area contributed by atoms with E-state index in [2.05, 4.69) is 15.5 Å². The number of ether oxygens (including phenoxy) is 1. The lowest BCUT2D eigenvalue weighted by Gasteiger charge is -2.10. The largest absolute Gasteiger partial charge is 0.471 e. The van der Waals surface area contributed by atoms with Crippen molar-refractivity contribution in [2.45, 2.75) is 6.73 Å². The van der Waals surface area contributed by atoms with Crippen molar-refractivity contribution >= 4 is 29.1 Å². The smallest absolute Gasteiger partial charge is 0.274 e. The second-order valence-electron chi connectivity index (χ2n) is 5.29. The molecule has 3 N–H and O–H groups in total. The number of carbonyl (C=O) groups excluding carboxylic acids is 2. The molecule has 3 rings (SSSR count). The van der Waals surface area contributed by atoms with Gasteiger partial charge in [-0.05, 0) is 30.3 Å². The third kappa shape index (κ3) is 3.67. The van der Waals surface area contributed by atoms with Crippen molar-refractivity contribution in [1.29, 1.82) is 0 Å². The number of rotatable bonds is 6. The number of nitrogens with two attached hydrogens (primary N) is 1. The highest BCUT2D eigenvalue weighted by Crippen LogP contribution is 2.17. The van der Waals surface area contributed by atoms with Crippen molar-refractivity contribution in [1.82, 2.24) is 19.6 Å². The van der Waals surface area contributed by atoms with E-state index in [0.29, 0.717) is 10.8 Å². The Morgan fingerprint density at radius 2 is 1.96 bits per heavy atom. The summed E-state index contributed by atoms with van der Waals surface area (Å²) in [7, 11) is 1.56. The minimum absolute atomic E-state index is 0.0209. The Morgan fingerprint density at radius 3 is 2.65 bits per heavy atom. The lowest BCUT2D eigenvalue weighted by Crippen LogP contribution is -2.22. The molecule has 0 saturated carbocycles. The van der Waals surface area contributed by atoms with Gasteiger partial charge in [-0.3, -0.25) is 14.3 Å². The number of carbonyl (C=O) groups is 2. The third-order valence-corrected chi connectivity index (χ3v) is 3.79.